The Morgan fingerprint density at radius 2 is 1.73 bits per heavy atom. The van der Waals surface area contributed by atoms with Gasteiger partial charge in [-0.25, -0.2) is 9.97 Å². The van der Waals surface area contributed by atoms with Gasteiger partial charge in [-0.3, -0.25) is 4.79 Å². The molecule has 7 heteroatoms. The smallest absolute Gasteiger partial charge is 0.264 e. The quantitative estimate of drug-likeness (QED) is 0.553. The summed E-state index contributed by atoms with van der Waals surface area (Å²) in [6.07, 6.45) is 4.02. The zero-order chi connectivity index (χ0) is 23.1. The SMILES string of the molecule is Cc1ccc(N2CCN(C(=O)c3sc4ncnc(N5CCC(C)CC5)c4c3C)CC2C)cc1. The fraction of sp³-hybridized carbons (Fsp3) is 0.500. The maximum atomic E-state index is 13.6. The highest BCUT2D eigenvalue weighted by atomic mass is 32.1. The van der Waals surface area contributed by atoms with E-state index in [4.69, 9.17) is 0 Å². The fourth-order valence-corrected chi connectivity index (χ4v) is 6.23. The third-order valence-corrected chi connectivity index (χ3v) is 8.45. The molecule has 3 aromatic rings. The number of fused-ring (bicyclic) bond motifs is 1. The molecule has 174 valence electrons. The highest BCUT2D eigenvalue weighted by Gasteiger charge is 2.31. The lowest BCUT2D eigenvalue weighted by molar-refractivity contribution is 0.0730. The summed E-state index contributed by atoms with van der Waals surface area (Å²) in [5, 5.41) is 1.06. The molecule has 2 fully saturated rings. The van der Waals surface area contributed by atoms with E-state index in [2.05, 4.69) is 71.7 Å². The number of benzene rings is 1. The molecule has 0 aliphatic carbocycles. The first-order chi connectivity index (χ1) is 15.9. The summed E-state index contributed by atoms with van der Waals surface area (Å²) < 4.78 is 0. The molecule has 1 atom stereocenters. The minimum atomic E-state index is 0.129. The number of piperazine rings is 1. The Morgan fingerprint density at radius 3 is 2.42 bits per heavy atom. The molecule has 0 spiro atoms. The van der Waals surface area contributed by atoms with E-state index in [0.717, 1.165) is 65.1 Å². The van der Waals surface area contributed by atoms with Crippen LogP contribution in [0.3, 0.4) is 0 Å². The summed E-state index contributed by atoms with van der Waals surface area (Å²) >= 11 is 1.52. The van der Waals surface area contributed by atoms with Gasteiger partial charge in [0.15, 0.2) is 0 Å². The number of carbonyl (C=O) groups excluding carboxylic acids is 1. The van der Waals surface area contributed by atoms with Crippen LogP contribution in [0.1, 0.15) is 47.5 Å². The van der Waals surface area contributed by atoms with E-state index in [9.17, 15) is 4.79 Å². The average Bonchev–Trinajstić information content (AvgIpc) is 3.16. The van der Waals surface area contributed by atoms with Crippen LogP contribution < -0.4 is 9.80 Å². The van der Waals surface area contributed by atoms with Crippen LogP contribution >= 0.6 is 11.3 Å². The normalized spacial score (nSPS) is 20.0. The molecule has 1 aromatic carbocycles. The first-order valence-corrected chi connectivity index (χ1v) is 12.9. The zero-order valence-corrected chi connectivity index (χ0v) is 20.9. The van der Waals surface area contributed by atoms with Gasteiger partial charge < -0.3 is 14.7 Å². The summed E-state index contributed by atoms with van der Waals surface area (Å²) in [6.45, 7) is 13.0. The number of piperidine rings is 1. The van der Waals surface area contributed by atoms with E-state index >= 15 is 0 Å². The molecule has 1 unspecified atom stereocenters. The van der Waals surface area contributed by atoms with E-state index < -0.39 is 0 Å². The van der Waals surface area contributed by atoms with Crippen LogP contribution in [0, 0.1) is 19.8 Å². The Hall–Kier alpha value is -2.67. The molecule has 6 nitrogen and oxygen atoms in total. The Morgan fingerprint density at radius 1 is 1.00 bits per heavy atom. The molecular formula is C26H33N5OS. The van der Waals surface area contributed by atoms with E-state index in [0.29, 0.717) is 0 Å². The molecule has 2 saturated heterocycles. The van der Waals surface area contributed by atoms with Gasteiger partial charge in [0, 0.05) is 44.5 Å². The minimum absolute atomic E-state index is 0.129. The monoisotopic (exact) mass is 463 g/mol. The van der Waals surface area contributed by atoms with Crippen LogP contribution in [0.15, 0.2) is 30.6 Å². The number of thiophene rings is 1. The van der Waals surface area contributed by atoms with Crippen molar-refractivity contribution >= 4 is 39.0 Å². The van der Waals surface area contributed by atoms with Crippen LogP contribution in [0.2, 0.25) is 0 Å². The van der Waals surface area contributed by atoms with Gasteiger partial charge in [0.05, 0.1) is 10.3 Å². The van der Waals surface area contributed by atoms with Gasteiger partial charge >= 0.3 is 0 Å². The second-order valence-corrected chi connectivity index (χ2v) is 10.7. The lowest BCUT2D eigenvalue weighted by Gasteiger charge is -2.41. The first kappa shape index (κ1) is 22.1. The van der Waals surface area contributed by atoms with Gasteiger partial charge in [0.1, 0.15) is 17.0 Å². The van der Waals surface area contributed by atoms with Gasteiger partial charge in [-0.15, -0.1) is 11.3 Å². The molecule has 5 rings (SSSR count). The van der Waals surface area contributed by atoms with E-state index in [1.807, 2.05) is 4.90 Å². The number of hydrogen-bond acceptors (Lipinski definition) is 6. The van der Waals surface area contributed by atoms with Gasteiger partial charge in [-0.2, -0.15) is 0 Å². The summed E-state index contributed by atoms with van der Waals surface area (Å²) in [4.78, 5) is 31.3. The van der Waals surface area contributed by atoms with Gasteiger partial charge in [0.25, 0.3) is 5.91 Å². The van der Waals surface area contributed by atoms with Crippen LogP contribution in [0.25, 0.3) is 10.2 Å². The van der Waals surface area contributed by atoms with E-state index in [1.54, 1.807) is 6.33 Å². The molecular weight excluding hydrogens is 430 g/mol. The molecule has 0 bridgehead atoms. The van der Waals surface area contributed by atoms with E-state index in [1.165, 1.54) is 35.4 Å². The first-order valence-electron chi connectivity index (χ1n) is 12.0. The van der Waals surface area contributed by atoms with Crippen molar-refractivity contribution in [3.63, 3.8) is 0 Å². The van der Waals surface area contributed by atoms with Crippen molar-refractivity contribution in [3.05, 3.63) is 46.6 Å². The summed E-state index contributed by atoms with van der Waals surface area (Å²) in [5.41, 5.74) is 3.53. The van der Waals surface area contributed by atoms with Crippen molar-refractivity contribution in [2.75, 3.05) is 42.5 Å². The molecule has 0 N–H and O–H groups in total. The molecule has 33 heavy (non-hydrogen) atoms. The topological polar surface area (TPSA) is 52.6 Å². The predicted molar refractivity (Wildman–Crippen MR) is 137 cm³/mol. The predicted octanol–water partition coefficient (Wildman–Crippen LogP) is 4.90. The number of anilines is 2. The van der Waals surface area contributed by atoms with Crippen LogP contribution in [-0.2, 0) is 0 Å². The Bertz CT molecular complexity index is 1150. The summed E-state index contributed by atoms with van der Waals surface area (Å²) in [5.74, 6) is 1.89. The van der Waals surface area contributed by atoms with Crippen LogP contribution in [-0.4, -0.2) is 59.5 Å². The molecule has 0 saturated carbocycles. The Balaban J connectivity index is 1.37. The number of nitrogens with zero attached hydrogens (tertiary/aromatic N) is 5. The Labute approximate surface area is 200 Å². The number of aromatic nitrogens is 2. The highest BCUT2D eigenvalue weighted by molar-refractivity contribution is 7.20. The third-order valence-electron chi connectivity index (χ3n) is 7.26. The molecule has 2 aromatic heterocycles. The molecule has 0 radical (unpaired) electrons. The van der Waals surface area contributed by atoms with Crippen molar-refractivity contribution in [1.29, 1.82) is 0 Å². The minimum Gasteiger partial charge on any atom is -0.365 e. The number of hydrogen-bond donors (Lipinski definition) is 0. The number of carbonyl (C=O) groups is 1. The van der Waals surface area contributed by atoms with Crippen LogP contribution in [0.4, 0.5) is 11.5 Å². The average molecular weight is 464 g/mol. The Kier molecular flexibility index (Phi) is 5.99. The van der Waals surface area contributed by atoms with Gasteiger partial charge in [-0.1, -0.05) is 24.6 Å². The zero-order valence-electron chi connectivity index (χ0n) is 20.0. The number of amides is 1. The standard InChI is InChI=1S/C26H33N5OS/c1-17-5-7-21(8-6-17)31-14-13-30(15-19(31)3)26(32)23-20(4)22-24(27-16-28-25(22)33-23)29-11-9-18(2)10-12-29/h5-8,16,18-19H,9-15H2,1-4H3. The lowest BCUT2D eigenvalue weighted by Crippen LogP contribution is -2.53. The number of rotatable bonds is 3. The lowest BCUT2D eigenvalue weighted by atomic mass is 9.99. The van der Waals surface area contributed by atoms with Crippen molar-refractivity contribution in [3.8, 4) is 0 Å². The third kappa shape index (κ3) is 4.19. The van der Waals surface area contributed by atoms with Crippen LogP contribution in [0.5, 0.6) is 0 Å². The summed E-state index contributed by atoms with van der Waals surface area (Å²) in [6, 6.07) is 8.94. The highest BCUT2D eigenvalue weighted by Crippen LogP contribution is 2.37. The largest absolute Gasteiger partial charge is 0.365 e. The van der Waals surface area contributed by atoms with E-state index in [-0.39, 0.29) is 11.9 Å². The second-order valence-electron chi connectivity index (χ2n) is 9.73. The maximum Gasteiger partial charge on any atom is 0.264 e. The molecule has 1 amide bonds. The molecule has 2 aliphatic rings. The second kappa shape index (κ2) is 8.93. The van der Waals surface area contributed by atoms with Crippen molar-refractivity contribution in [2.45, 2.75) is 46.6 Å². The summed E-state index contributed by atoms with van der Waals surface area (Å²) in [7, 11) is 0. The molecule has 2 aliphatic heterocycles. The maximum absolute atomic E-state index is 13.6. The van der Waals surface area contributed by atoms with Crippen molar-refractivity contribution in [2.24, 2.45) is 5.92 Å². The van der Waals surface area contributed by atoms with Gasteiger partial charge in [-0.05, 0) is 57.2 Å². The fourth-order valence-electron chi connectivity index (χ4n) is 5.12. The number of aryl methyl sites for hydroxylation is 2. The van der Waals surface area contributed by atoms with Crippen molar-refractivity contribution in [1.82, 2.24) is 14.9 Å². The van der Waals surface area contributed by atoms with Gasteiger partial charge in [0.2, 0.25) is 0 Å². The molecule has 4 heterocycles. The van der Waals surface area contributed by atoms with Crippen molar-refractivity contribution < 1.29 is 4.79 Å².